The Morgan fingerprint density at radius 3 is 2.25 bits per heavy atom. The Kier molecular flexibility index (Phi) is 6.72. The summed E-state index contributed by atoms with van der Waals surface area (Å²) in [5.41, 5.74) is 0. The molecule has 1 atom stereocenters. The van der Waals surface area contributed by atoms with Gasteiger partial charge in [-0.05, 0) is 13.8 Å². The summed E-state index contributed by atoms with van der Waals surface area (Å²) in [6.45, 7) is 4.97. The number of amides is 2. The number of likely N-dealkylation sites (N-methyl/N-ethyl adjacent to an activating group) is 1. The molecule has 0 aliphatic heterocycles. The van der Waals surface area contributed by atoms with Crippen molar-refractivity contribution >= 4 is 11.8 Å². The van der Waals surface area contributed by atoms with E-state index in [0.717, 1.165) is 0 Å². The van der Waals surface area contributed by atoms with Crippen LogP contribution in [0.5, 0.6) is 0 Å². The third-order valence-corrected chi connectivity index (χ3v) is 2.51. The maximum absolute atomic E-state index is 11.7. The van der Waals surface area contributed by atoms with Crippen LogP contribution in [0.15, 0.2) is 0 Å². The molecule has 0 fully saturated rings. The number of carbonyl (C=O) groups excluding carboxylic acids is 2. The summed E-state index contributed by atoms with van der Waals surface area (Å²) in [5, 5.41) is 3.04. The normalized spacial score (nSPS) is 12.1. The van der Waals surface area contributed by atoms with Gasteiger partial charge in [0.05, 0.1) is 6.04 Å². The number of hydrogen-bond donors (Lipinski definition) is 1. The van der Waals surface area contributed by atoms with Gasteiger partial charge in [-0.25, -0.2) is 0 Å². The first-order valence-electron chi connectivity index (χ1n) is 5.58. The van der Waals surface area contributed by atoms with Gasteiger partial charge in [-0.3, -0.25) is 9.59 Å². The smallest absolute Gasteiger partial charge is 0.239 e. The Bertz CT molecular complexity index is 241. The summed E-state index contributed by atoms with van der Waals surface area (Å²) in [6, 6.07) is -0.236. The molecule has 0 aliphatic carbocycles. The van der Waals surface area contributed by atoms with E-state index in [0.29, 0.717) is 19.5 Å². The molecule has 0 aromatic heterocycles. The largest absolute Gasteiger partial charge is 0.349 e. The maximum Gasteiger partial charge on any atom is 0.239 e. The molecule has 0 saturated heterocycles. The molecule has 2 amide bonds. The van der Waals surface area contributed by atoms with Crippen molar-refractivity contribution in [2.24, 2.45) is 0 Å². The summed E-state index contributed by atoms with van der Waals surface area (Å²) in [5.74, 6) is 0.121. The van der Waals surface area contributed by atoms with Crippen LogP contribution in [0, 0.1) is 0 Å². The van der Waals surface area contributed by atoms with Gasteiger partial charge in [0, 0.05) is 40.7 Å². The van der Waals surface area contributed by atoms with Crippen molar-refractivity contribution in [2.75, 3.05) is 34.2 Å². The summed E-state index contributed by atoms with van der Waals surface area (Å²) in [4.78, 5) is 26.1. The van der Waals surface area contributed by atoms with Crippen molar-refractivity contribution in [1.82, 2.24) is 15.1 Å². The number of rotatable bonds is 6. The van der Waals surface area contributed by atoms with E-state index in [1.807, 2.05) is 13.8 Å². The van der Waals surface area contributed by atoms with Crippen LogP contribution in [0.4, 0.5) is 0 Å². The molecule has 0 rings (SSSR count). The summed E-state index contributed by atoms with van der Waals surface area (Å²) in [6.07, 6.45) is 0.417. The van der Waals surface area contributed by atoms with Crippen molar-refractivity contribution in [1.29, 1.82) is 0 Å². The minimum Gasteiger partial charge on any atom is -0.349 e. The molecule has 0 aliphatic rings. The topological polar surface area (TPSA) is 52.7 Å². The van der Waals surface area contributed by atoms with Crippen molar-refractivity contribution in [2.45, 2.75) is 26.3 Å². The first-order valence-corrected chi connectivity index (χ1v) is 5.58. The van der Waals surface area contributed by atoms with Crippen LogP contribution in [-0.2, 0) is 9.59 Å². The van der Waals surface area contributed by atoms with Crippen LogP contribution in [0.25, 0.3) is 0 Å². The van der Waals surface area contributed by atoms with Gasteiger partial charge in [-0.2, -0.15) is 0 Å². The Balaban J connectivity index is 3.86. The van der Waals surface area contributed by atoms with Gasteiger partial charge < -0.3 is 15.1 Å². The highest BCUT2D eigenvalue weighted by Gasteiger charge is 2.15. The monoisotopic (exact) mass is 229 g/mol. The SMILES string of the molecule is CCN(C)C(=O)C(C)NCCC(=O)N(C)C. The van der Waals surface area contributed by atoms with Crippen LogP contribution in [0.3, 0.4) is 0 Å². The number of carbonyl (C=O) groups is 2. The summed E-state index contributed by atoms with van der Waals surface area (Å²) < 4.78 is 0. The third-order valence-electron chi connectivity index (χ3n) is 2.51. The number of nitrogens with one attached hydrogen (secondary N) is 1. The molecule has 1 N–H and O–H groups in total. The van der Waals surface area contributed by atoms with E-state index in [9.17, 15) is 9.59 Å². The van der Waals surface area contributed by atoms with Crippen LogP contribution in [-0.4, -0.2) is 61.9 Å². The highest BCUT2D eigenvalue weighted by Crippen LogP contribution is 1.92. The lowest BCUT2D eigenvalue weighted by atomic mass is 10.2. The van der Waals surface area contributed by atoms with Gasteiger partial charge in [-0.1, -0.05) is 0 Å². The molecule has 16 heavy (non-hydrogen) atoms. The fourth-order valence-corrected chi connectivity index (χ4v) is 1.19. The zero-order valence-corrected chi connectivity index (χ0v) is 10.9. The molecule has 5 heteroatoms. The highest BCUT2D eigenvalue weighted by molar-refractivity contribution is 5.81. The summed E-state index contributed by atoms with van der Waals surface area (Å²) >= 11 is 0. The van der Waals surface area contributed by atoms with Gasteiger partial charge in [0.15, 0.2) is 0 Å². The minimum atomic E-state index is -0.236. The maximum atomic E-state index is 11.7. The van der Waals surface area contributed by atoms with Crippen molar-refractivity contribution < 1.29 is 9.59 Å². The fraction of sp³-hybridized carbons (Fsp3) is 0.818. The van der Waals surface area contributed by atoms with Crippen LogP contribution in [0.1, 0.15) is 20.3 Å². The first-order chi connectivity index (χ1) is 7.40. The zero-order chi connectivity index (χ0) is 12.7. The molecule has 1 unspecified atom stereocenters. The van der Waals surface area contributed by atoms with Crippen molar-refractivity contribution in [3.05, 3.63) is 0 Å². The van der Waals surface area contributed by atoms with Gasteiger partial charge >= 0.3 is 0 Å². The Morgan fingerprint density at radius 2 is 1.81 bits per heavy atom. The van der Waals surface area contributed by atoms with Crippen LogP contribution in [0.2, 0.25) is 0 Å². The Hall–Kier alpha value is -1.10. The molecule has 0 bridgehead atoms. The lowest BCUT2D eigenvalue weighted by Gasteiger charge is -2.20. The third kappa shape index (κ3) is 5.11. The van der Waals surface area contributed by atoms with Crippen molar-refractivity contribution in [3.8, 4) is 0 Å². The molecule has 0 spiro atoms. The second-order valence-corrected chi connectivity index (χ2v) is 4.07. The van der Waals surface area contributed by atoms with E-state index >= 15 is 0 Å². The minimum absolute atomic E-state index is 0.0554. The average molecular weight is 229 g/mol. The highest BCUT2D eigenvalue weighted by atomic mass is 16.2. The van der Waals surface area contributed by atoms with Gasteiger partial charge in [0.25, 0.3) is 0 Å². The van der Waals surface area contributed by atoms with E-state index < -0.39 is 0 Å². The predicted octanol–water partition coefficient (Wildman–Crippen LogP) is -0.0789. The van der Waals surface area contributed by atoms with E-state index in [2.05, 4.69) is 5.32 Å². The Morgan fingerprint density at radius 1 is 1.25 bits per heavy atom. The second-order valence-electron chi connectivity index (χ2n) is 4.07. The zero-order valence-electron chi connectivity index (χ0n) is 10.9. The molecule has 0 radical (unpaired) electrons. The number of hydrogen-bond acceptors (Lipinski definition) is 3. The van der Waals surface area contributed by atoms with Crippen LogP contribution >= 0.6 is 0 Å². The Labute approximate surface area is 97.8 Å². The molecule has 94 valence electrons. The second kappa shape index (κ2) is 7.22. The molecule has 0 aromatic carbocycles. The molecular formula is C11H23N3O2. The first kappa shape index (κ1) is 14.9. The lowest BCUT2D eigenvalue weighted by Crippen LogP contribution is -2.44. The quantitative estimate of drug-likeness (QED) is 0.693. The fourth-order valence-electron chi connectivity index (χ4n) is 1.19. The number of nitrogens with zero attached hydrogens (tertiary/aromatic N) is 2. The van der Waals surface area contributed by atoms with Crippen molar-refractivity contribution in [3.63, 3.8) is 0 Å². The van der Waals surface area contributed by atoms with Gasteiger partial charge in [-0.15, -0.1) is 0 Å². The summed E-state index contributed by atoms with van der Waals surface area (Å²) in [7, 11) is 5.22. The van der Waals surface area contributed by atoms with E-state index in [4.69, 9.17) is 0 Å². The van der Waals surface area contributed by atoms with E-state index in [1.54, 1.807) is 30.9 Å². The van der Waals surface area contributed by atoms with E-state index in [-0.39, 0.29) is 17.9 Å². The van der Waals surface area contributed by atoms with Crippen LogP contribution < -0.4 is 5.32 Å². The molecule has 0 heterocycles. The van der Waals surface area contributed by atoms with Gasteiger partial charge in [0.2, 0.25) is 11.8 Å². The standard InChI is InChI=1S/C11H23N3O2/c1-6-14(5)11(16)9(2)12-8-7-10(15)13(3)4/h9,12H,6-8H2,1-5H3. The molecular weight excluding hydrogens is 206 g/mol. The lowest BCUT2D eigenvalue weighted by molar-refractivity contribution is -0.132. The molecule has 0 aromatic rings. The van der Waals surface area contributed by atoms with Gasteiger partial charge in [0.1, 0.15) is 0 Å². The predicted molar refractivity (Wildman–Crippen MR) is 64.1 cm³/mol. The van der Waals surface area contributed by atoms with E-state index in [1.165, 1.54) is 0 Å². The average Bonchev–Trinajstić information content (AvgIpc) is 2.26. The molecule has 5 nitrogen and oxygen atoms in total. The molecule has 0 saturated carbocycles.